The Morgan fingerprint density at radius 1 is 1.27 bits per heavy atom. The highest BCUT2D eigenvalue weighted by Gasteiger charge is 2.24. The first kappa shape index (κ1) is 24.3. The van der Waals surface area contributed by atoms with Crippen molar-refractivity contribution in [1.29, 1.82) is 0 Å². The van der Waals surface area contributed by atoms with Crippen molar-refractivity contribution >= 4 is 28.1 Å². The number of hydrogen-bond donors (Lipinski definition) is 0. The lowest BCUT2D eigenvalue weighted by Gasteiger charge is -2.37. The summed E-state index contributed by atoms with van der Waals surface area (Å²) in [5.41, 5.74) is 4.36. The summed E-state index contributed by atoms with van der Waals surface area (Å²) < 4.78 is 0.953. The Morgan fingerprint density at radius 2 is 1.87 bits per heavy atom. The third kappa shape index (κ3) is 6.51. The van der Waals surface area contributed by atoms with Crippen LogP contribution in [0.15, 0.2) is 63.6 Å². The molecule has 162 valence electrons. The van der Waals surface area contributed by atoms with Gasteiger partial charge in [-0.1, -0.05) is 46.3 Å². The van der Waals surface area contributed by atoms with E-state index < -0.39 is 0 Å². The second-order valence-electron chi connectivity index (χ2n) is 8.14. The van der Waals surface area contributed by atoms with Gasteiger partial charge in [0.25, 0.3) is 5.91 Å². The van der Waals surface area contributed by atoms with E-state index in [9.17, 15) is 4.79 Å². The maximum absolute atomic E-state index is 12.1. The molecular weight excluding hydrogens is 438 g/mol. The van der Waals surface area contributed by atoms with E-state index in [0.29, 0.717) is 12.0 Å². The molecule has 0 spiro atoms. The molecule has 0 N–H and O–H groups in total. The minimum absolute atomic E-state index is 0.0532. The van der Waals surface area contributed by atoms with E-state index >= 15 is 0 Å². The number of allylic oxidation sites excluding steroid dienone is 4. The Labute approximate surface area is 190 Å². The minimum Gasteiger partial charge on any atom is -0.345 e. The van der Waals surface area contributed by atoms with Crippen LogP contribution in [0, 0.1) is 0 Å². The van der Waals surface area contributed by atoms with E-state index in [1.165, 1.54) is 11.1 Å². The lowest BCUT2D eigenvalue weighted by molar-refractivity contribution is 0.0827. The van der Waals surface area contributed by atoms with Crippen LogP contribution >= 0.6 is 15.9 Å². The maximum Gasteiger partial charge on any atom is 0.253 e. The number of carbonyl (C=O) groups excluding carboxylic acids is 1. The van der Waals surface area contributed by atoms with Gasteiger partial charge in [0.1, 0.15) is 0 Å². The summed E-state index contributed by atoms with van der Waals surface area (Å²) >= 11 is 3.56. The molecule has 1 aliphatic heterocycles. The fourth-order valence-electron chi connectivity index (χ4n) is 3.78. The van der Waals surface area contributed by atoms with Crippen molar-refractivity contribution in [1.82, 2.24) is 9.80 Å². The van der Waals surface area contributed by atoms with E-state index in [1.807, 2.05) is 18.2 Å². The van der Waals surface area contributed by atoms with E-state index in [1.54, 1.807) is 32.3 Å². The molecule has 0 bridgehead atoms. The molecule has 0 saturated carbocycles. The predicted octanol–water partition coefficient (Wildman–Crippen LogP) is 5.44. The van der Waals surface area contributed by atoms with Gasteiger partial charge in [-0.05, 0) is 75.0 Å². The lowest BCUT2D eigenvalue weighted by atomic mass is 9.88. The summed E-state index contributed by atoms with van der Waals surface area (Å²) in [6, 6.07) is 8.54. The molecule has 1 unspecified atom stereocenters. The smallest absolute Gasteiger partial charge is 0.253 e. The highest BCUT2D eigenvalue weighted by atomic mass is 79.9. The van der Waals surface area contributed by atoms with Gasteiger partial charge in [0, 0.05) is 43.4 Å². The molecule has 0 radical (unpaired) electrons. The highest BCUT2D eigenvalue weighted by Crippen LogP contribution is 2.30. The predicted molar refractivity (Wildman–Crippen MR) is 132 cm³/mol. The molecule has 0 aromatic heterocycles. The molecule has 5 heteroatoms. The molecule has 0 aliphatic carbocycles. The van der Waals surface area contributed by atoms with E-state index in [0.717, 1.165) is 41.6 Å². The SMILES string of the molecule is C=C(/C=C(\C)C(C)N1CCC(c2ccc(C(=O)N(C)C)cc2)CC1)/C(Br)=C\C=NC. The van der Waals surface area contributed by atoms with Gasteiger partial charge < -0.3 is 4.90 Å². The largest absolute Gasteiger partial charge is 0.345 e. The first-order valence-corrected chi connectivity index (χ1v) is 11.2. The summed E-state index contributed by atoms with van der Waals surface area (Å²) in [5.74, 6) is 0.610. The van der Waals surface area contributed by atoms with Crippen LogP contribution in [-0.4, -0.2) is 62.2 Å². The zero-order chi connectivity index (χ0) is 22.3. The maximum atomic E-state index is 12.1. The molecule has 4 nitrogen and oxygen atoms in total. The van der Waals surface area contributed by atoms with Gasteiger partial charge in [0.2, 0.25) is 0 Å². The normalized spacial score (nSPS) is 17.9. The quantitative estimate of drug-likeness (QED) is 0.392. The summed E-state index contributed by atoms with van der Waals surface area (Å²) in [6.45, 7) is 10.7. The third-order valence-corrected chi connectivity index (χ3v) is 6.62. The third-order valence-electron chi connectivity index (χ3n) is 5.85. The number of likely N-dealkylation sites (tertiary alicyclic amines) is 1. The van der Waals surface area contributed by atoms with Gasteiger partial charge in [-0.15, -0.1) is 0 Å². The fourth-order valence-corrected chi connectivity index (χ4v) is 4.01. The number of benzene rings is 1. The first-order chi connectivity index (χ1) is 14.2. The second-order valence-corrected chi connectivity index (χ2v) is 9.00. The molecule has 30 heavy (non-hydrogen) atoms. The van der Waals surface area contributed by atoms with Gasteiger partial charge in [0.15, 0.2) is 0 Å². The Kier molecular flexibility index (Phi) is 9.25. The van der Waals surface area contributed by atoms with Crippen molar-refractivity contribution in [3.8, 4) is 0 Å². The second kappa shape index (κ2) is 11.4. The number of nitrogens with zero attached hydrogens (tertiary/aromatic N) is 3. The van der Waals surface area contributed by atoms with E-state index in [4.69, 9.17) is 0 Å². The Morgan fingerprint density at radius 3 is 2.40 bits per heavy atom. The number of aliphatic imine (C=N–C) groups is 1. The number of hydrogen-bond acceptors (Lipinski definition) is 3. The Balaban J connectivity index is 1.95. The monoisotopic (exact) mass is 471 g/mol. The fraction of sp³-hybridized carbons (Fsp3) is 0.440. The molecule has 1 fully saturated rings. The van der Waals surface area contributed by atoms with Gasteiger partial charge in [-0.25, -0.2) is 0 Å². The van der Waals surface area contributed by atoms with Crippen LogP contribution in [0.2, 0.25) is 0 Å². The number of piperidine rings is 1. The summed E-state index contributed by atoms with van der Waals surface area (Å²) in [5, 5.41) is 0. The van der Waals surface area contributed by atoms with Crippen LogP contribution in [-0.2, 0) is 0 Å². The van der Waals surface area contributed by atoms with Crippen molar-refractivity contribution in [3.63, 3.8) is 0 Å². The number of carbonyl (C=O) groups is 1. The van der Waals surface area contributed by atoms with Gasteiger partial charge in [-0.2, -0.15) is 0 Å². The summed E-state index contributed by atoms with van der Waals surface area (Å²) in [7, 11) is 5.32. The van der Waals surface area contributed by atoms with Crippen molar-refractivity contribution in [2.24, 2.45) is 4.99 Å². The van der Waals surface area contributed by atoms with Crippen LogP contribution in [0.5, 0.6) is 0 Å². The van der Waals surface area contributed by atoms with Crippen LogP contribution in [0.25, 0.3) is 0 Å². The van der Waals surface area contributed by atoms with Crippen molar-refractivity contribution in [3.05, 3.63) is 69.8 Å². The molecular formula is C25H34BrN3O. The van der Waals surface area contributed by atoms with Crippen LogP contribution in [0.3, 0.4) is 0 Å². The van der Waals surface area contributed by atoms with Crippen molar-refractivity contribution < 1.29 is 4.79 Å². The number of halogens is 1. The lowest BCUT2D eigenvalue weighted by Crippen LogP contribution is -2.40. The number of amides is 1. The average Bonchev–Trinajstić information content (AvgIpc) is 2.76. The van der Waals surface area contributed by atoms with Gasteiger partial charge >= 0.3 is 0 Å². The van der Waals surface area contributed by atoms with Gasteiger partial charge in [0.05, 0.1) is 0 Å². The minimum atomic E-state index is 0.0532. The molecule has 2 rings (SSSR count). The number of rotatable bonds is 7. The van der Waals surface area contributed by atoms with Crippen molar-refractivity contribution in [2.45, 2.75) is 38.6 Å². The van der Waals surface area contributed by atoms with E-state index in [-0.39, 0.29) is 5.91 Å². The summed E-state index contributed by atoms with van der Waals surface area (Å²) in [4.78, 5) is 20.2. The summed E-state index contributed by atoms with van der Waals surface area (Å²) in [6.07, 6.45) is 8.10. The van der Waals surface area contributed by atoms with Gasteiger partial charge in [-0.3, -0.25) is 14.7 Å². The molecule has 1 heterocycles. The van der Waals surface area contributed by atoms with Crippen molar-refractivity contribution in [2.75, 3.05) is 34.2 Å². The molecule has 1 saturated heterocycles. The highest BCUT2D eigenvalue weighted by molar-refractivity contribution is 9.12. The molecule has 1 amide bonds. The van der Waals surface area contributed by atoms with Crippen LogP contribution < -0.4 is 0 Å². The zero-order valence-electron chi connectivity index (χ0n) is 18.9. The Bertz CT molecular complexity index is 828. The standard InChI is InChI=1S/C25H34BrN3O/c1-18(17-19(2)24(26)11-14-27-4)20(3)29-15-12-22(13-16-29)21-7-9-23(10-8-21)25(30)28(5)6/h7-11,14,17,20,22H,2,12-13,15-16H2,1,3-6H3/b18-17+,24-11+,27-14?. The van der Waals surface area contributed by atoms with Crippen LogP contribution in [0.1, 0.15) is 48.5 Å². The molecule has 1 aliphatic rings. The van der Waals surface area contributed by atoms with Crippen LogP contribution in [0.4, 0.5) is 0 Å². The topological polar surface area (TPSA) is 35.9 Å². The average molecular weight is 472 g/mol. The van der Waals surface area contributed by atoms with E-state index in [2.05, 4.69) is 64.5 Å². The molecule has 1 aromatic rings. The molecule has 1 aromatic carbocycles. The molecule has 1 atom stereocenters. The Hall–Kier alpha value is -1.98. The first-order valence-electron chi connectivity index (χ1n) is 10.5. The zero-order valence-corrected chi connectivity index (χ0v) is 20.4.